The van der Waals surface area contributed by atoms with Crippen molar-refractivity contribution in [3.05, 3.63) is 265 Å². The third kappa shape index (κ3) is 11.1. The van der Waals surface area contributed by atoms with E-state index in [0.717, 1.165) is 62.2 Å². The first kappa shape index (κ1) is 44.9. The lowest BCUT2D eigenvalue weighted by molar-refractivity contribution is 1.13. The summed E-state index contributed by atoms with van der Waals surface area (Å²) in [7, 11) is 0. The van der Waals surface area contributed by atoms with Crippen LogP contribution in [0.1, 0.15) is 49.4 Å². The summed E-state index contributed by atoms with van der Waals surface area (Å²) in [5.41, 5.74) is 17.9. The first-order valence-electron chi connectivity index (χ1n) is 22.1. The lowest BCUT2D eigenvalue weighted by Crippen LogP contribution is -2.07. The van der Waals surface area contributed by atoms with Crippen LogP contribution in [0.5, 0.6) is 0 Å². The fraction of sp³-hybridized carbons (Fsp3) is 0.0794. The summed E-state index contributed by atoms with van der Waals surface area (Å²) in [5, 5.41) is 0. The Labute approximate surface area is 386 Å². The summed E-state index contributed by atoms with van der Waals surface area (Å²) in [6, 6.07) is 64.3. The molecule has 316 valence electrons. The van der Waals surface area contributed by atoms with Gasteiger partial charge in [-0.3, -0.25) is 4.99 Å². The minimum absolute atomic E-state index is 0.431. The molecular formula is C63H54N2. The highest BCUT2D eigenvalue weighted by Gasteiger charge is 2.19. The molecule has 0 aliphatic heterocycles. The quantitative estimate of drug-likeness (QED) is 0.0507. The van der Waals surface area contributed by atoms with Crippen molar-refractivity contribution < 1.29 is 0 Å². The van der Waals surface area contributed by atoms with Gasteiger partial charge < -0.3 is 0 Å². The lowest BCUT2D eigenvalue weighted by Gasteiger charge is -2.18. The minimum atomic E-state index is 0.431. The summed E-state index contributed by atoms with van der Waals surface area (Å²) >= 11 is 0. The van der Waals surface area contributed by atoms with Crippen LogP contribution >= 0.6 is 0 Å². The Hall–Kier alpha value is -8.12. The maximum absolute atomic E-state index is 5.46. The smallest absolute Gasteiger partial charge is 0.155 e. The number of benzene rings is 7. The summed E-state index contributed by atoms with van der Waals surface area (Å²) in [4.78, 5) is 10.8. The average Bonchev–Trinajstić information content (AvgIpc) is 3.66. The highest BCUT2D eigenvalue weighted by Crippen LogP contribution is 2.40. The molecule has 1 aliphatic carbocycles. The molecule has 0 saturated heterocycles. The van der Waals surface area contributed by atoms with Gasteiger partial charge in [-0.1, -0.05) is 237 Å². The van der Waals surface area contributed by atoms with E-state index in [4.69, 9.17) is 9.98 Å². The van der Waals surface area contributed by atoms with Crippen LogP contribution in [0, 0.1) is 12.3 Å². The van der Waals surface area contributed by atoms with Crippen LogP contribution in [0.15, 0.2) is 253 Å². The monoisotopic (exact) mass is 838 g/mol. The Morgan fingerprint density at radius 3 is 1.69 bits per heavy atom. The van der Waals surface area contributed by atoms with Crippen LogP contribution in [-0.2, 0) is 0 Å². The third-order valence-electron chi connectivity index (χ3n) is 11.2. The molecule has 8 rings (SSSR count). The summed E-state index contributed by atoms with van der Waals surface area (Å²) < 4.78 is 0. The molecule has 2 heteroatoms. The number of nitrogens with zero attached hydrogens (tertiary/aromatic N) is 2. The van der Waals surface area contributed by atoms with Crippen LogP contribution in [-0.4, -0.2) is 18.1 Å². The second-order valence-corrected chi connectivity index (χ2v) is 15.6. The molecule has 0 bridgehead atoms. The van der Waals surface area contributed by atoms with Gasteiger partial charge in [0.2, 0.25) is 0 Å². The molecule has 0 heterocycles. The van der Waals surface area contributed by atoms with Crippen LogP contribution in [0.3, 0.4) is 0 Å². The van der Waals surface area contributed by atoms with Gasteiger partial charge in [-0.25, -0.2) is 4.99 Å². The summed E-state index contributed by atoms with van der Waals surface area (Å²) in [5.74, 6) is 2.93. The molecule has 0 amide bonds. The van der Waals surface area contributed by atoms with Gasteiger partial charge in [0.1, 0.15) is 0 Å². The van der Waals surface area contributed by atoms with Crippen molar-refractivity contribution in [2.24, 2.45) is 9.98 Å². The second kappa shape index (κ2) is 22.8. The van der Waals surface area contributed by atoms with E-state index in [-0.39, 0.29) is 0 Å². The highest BCUT2D eigenvalue weighted by atomic mass is 14.9. The zero-order chi connectivity index (χ0) is 45.2. The summed E-state index contributed by atoms with van der Waals surface area (Å²) in [6.07, 6.45) is 22.5. The molecule has 0 radical (unpaired) electrons. The number of allylic oxidation sites excluding steroid dienone is 10. The van der Waals surface area contributed by atoms with Crippen molar-refractivity contribution in [3.63, 3.8) is 0 Å². The molecule has 0 atom stereocenters. The predicted octanol–water partition coefficient (Wildman–Crippen LogP) is 16.4. The van der Waals surface area contributed by atoms with Crippen molar-refractivity contribution in [2.45, 2.75) is 27.2 Å². The van der Waals surface area contributed by atoms with Gasteiger partial charge in [0, 0.05) is 11.3 Å². The number of hydrogen-bond donors (Lipinski definition) is 0. The van der Waals surface area contributed by atoms with E-state index in [9.17, 15) is 0 Å². The SMILES string of the molecule is C#CC.C=C/C=C\C(=C(/C)CN=C(N=C(C)c1ccccc1)c1ccccc1-c1ccccc1-c1ccccc1-c1ccccc1)c1ccccc1-c1ccccc1C1=CCC=CC=C1. The maximum atomic E-state index is 5.46. The molecule has 7 aromatic carbocycles. The fourth-order valence-corrected chi connectivity index (χ4v) is 8.14. The molecule has 0 aromatic heterocycles. The molecule has 7 aromatic rings. The molecular weight excluding hydrogens is 785 g/mol. The molecule has 65 heavy (non-hydrogen) atoms. The Balaban J connectivity index is 0.00000204. The highest BCUT2D eigenvalue weighted by molar-refractivity contribution is 6.14. The molecule has 0 saturated carbocycles. The molecule has 0 unspecified atom stereocenters. The van der Waals surface area contributed by atoms with E-state index in [0.29, 0.717) is 12.4 Å². The van der Waals surface area contributed by atoms with E-state index in [2.05, 4.69) is 245 Å². The maximum Gasteiger partial charge on any atom is 0.155 e. The average molecular weight is 839 g/mol. The standard InChI is InChI=1S/C60H50N2.C3H4/c1-4-5-32-49(52-35-20-21-38-55(52)53-36-18-16-33-50(53)47-28-10-6-7-11-29-47)44(2)43-61-60(62-45(3)46-26-12-8-13-27-46)59-42-25-24-41-58(59)57-40-23-22-39-56(57)54-37-19-17-34-51(54)48-30-14-9-15-31-48;1-3-2/h4-10,12-42H,1,11,43H2,2-3H3;1H,2H3/b32-5-,49-44-,61-60?,62-45?;. The van der Waals surface area contributed by atoms with E-state index in [1.54, 1.807) is 6.92 Å². The molecule has 0 N–H and O–H groups in total. The van der Waals surface area contributed by atoms with Gasteiger partial charge in [0.25, 0.3) is 0 Å². The van der Waals surface area contributed by atoms with Gasteiger partial charge in [-0.2, -0.15) is 0 Å². The molecule has 0 spiro atoms. The Morgan fingerprint density at radius 2 is 1.06 bits per heavy atom. The number of hydrogen-bond acceptors (Lipinski definition) is 1. The zero-order valence-corrected chi connectivity index (χ0v) is 37.5. The van der Waals surface area contributed by atoms with E-state index >= 15 is 0 Å². The number of terminal acetylenes is 1. The fourth-order valence-electron chi connectivity index (χ4n) is 8.14. The van der Waals surface area contributed by atoms with E-state index in [1.165, 1.54) is 33.4 Å². The van der Waals surface area contributed by atoms with Gasteiger partial charge in [-0.15, -0.1) is 12.3 Å². The van der Waals surface area contributed by atoms with Crippen molar-refractivity contribution in [3.8, 4) is 56.9 Å². The van der Waals surface area contributed by atoms with Gasteiger partial charge in [0.05, 0.1) is 6.54 Å². The van der Waals surface area contributed by atoms with Crippen LogP contribution in [0.4, 0.5) is 0 Å². The molecule has 2 nitrogen and oxygen atoms in total. The van der Waals surface area contributed by atoms with Crippen molar-refractivity contribution in [1.29, 1.82) is 0 Å². The topological polar surface area (TPSA) is 24.7 Å². The molecule has 0 fully saturated rings. The van der Waals surface area contributed by atoms with Gasteiger partial charge in [0.15, 0.2) is 5.84 Å². The number of aliphatic imine (C=N–C) groups is 2. The number of amidine groups is 1. The van der Waals surface area contributed by atoms with Crippen LogP contribution in [0.25, 0.3) is 55.7 Å². The number of rotatable bonds is 12. The second-order valence-electron chi connectivity index (χ2n) is 15.6. The van der Waals surface area contributed by atoms with Crippen molar-refractivity contribution in [2.75, 3.05) is 6.54 Å². The van der Waals surface area contributed by atoms with E-state index < -0.39 is 0 Å². The van der Waals surface area contributed by atoms with Crippen molar-refractivity contribution >= 4 is 22.7 Å². The molecule has 1 aliphatic rings. The van der Waals surface area contributed by atoms with Gasteiger partial charge in [-0.05, 0) is 105 Å². The normalized spacial score (nSPS) is 12.9. The van der Waals surface area contributed by atoms with Crippen molar-refractivity contribution in [1.82, 2.24) is 0 Å². The predicted molar refractivity (Wildman–Crippen MR) is 282 cm³/mol. The zero-order valence-electron chi connectivity index (χ0n) is 37.5. The van der Waals surface area contributed by atoms with Crippen LogP contribution in [0.2, 0.25) is 0 Å². The largest absolute Gasteiger partial charge is 0.262 e. The Morgan fingerprint density at radius 1 is 0.585 bits per heavy atom. The van der Waals surface area contributed by atoms with Crippen LogP contribution < -0.4 is 0 Å². The van der Waals surface area contributed by atoms with E-state index in [1.807, 2.05) is 18.2 Å². The van der Waals surface area contributed by atoms with Gasteiger partial charge >= 0.3 is 0 Å². The lowest BCUT2D eigenvalue weighted by atomic mass is 9.87. The third-order valence-corrected chi connectivity index (χ3v) is 11.2. The first-order valence-corrected chi connectivity index (χ1v) is 22.1. The minimum Gasteiger partial charge on any atom is -0.262 e. The Kier molecular flexibility index (Phi) is 15.8. The summed E-state index contributed by atoms with van der Waals surface area (Å²) in [6.45, 7) is 10.4. The Bertz CT molecular complexity index is 3020. The first-order chi connectivity index (χ1) is 32.0.